The predicted octanol–water partition coefficient (Wildman–Crippen LogP) is -0.854. The summed E-state index contributed by atoms with van der Waals surface area (Å²) in [5.74, 6) is 0. The lowest BCUT2D eigenvalue weighted by molar-refractivity contribution is -0.119. The topological polar surface area (TPSA) is 47.6 Å². The number of rotatable bonds is 3. The molecule has 1 N–H and O–H groups in total. The van der Waals surface area contributed by atoms with Crippen molar-refractivity contribution in [1.82, 2.24) is 5.32 Å². The zero-order valence-electron chi connectivity index (χ0n) is 5.87. The van der Waals surface area contributed by atoms with Crippen LogP contribution in [0.4, 0.5) is 0 Å². The number of hydrogen-bond acceptors (Lipinski definition) is 4. The molecule has 1 fully saturated rings. The number of carbonyl (C=O) groups is 1. The van der Waals surface area contributed by atoms with Crippen LogP contribution in [0.3, 0.4) is 0 Å². The summed E-state index contributed by atoms with van der Waals surface area (Å²) in [6.45, 7) is 1.23. The first kappa shape index (κ1) is 7.65. The first-order chi connectivity index (χ1) is 4.86. The van der Waals surface area contributed by atoms with Gasteiger partial charge in [0.05, 0.1) is 12.7 Å². The summed E-state index contributed by atoms with van der Waals surface area (Å²) in [6, 6.07) is 0. The molecule has 0 radical (unpaired) electrons. The minimum Gasteiger partial charge on any atom is -0.382 e. The normalized spacial score (nSPS) is 32.5. The molecule has 1 heterocycles. The number of nitrogens with one attached hydrogen (secondary N) is 1. The molecule has 4 heteroatoms. The van der Waals surface area contributed by atoms with Crippen molar-refractivity contribution in [3.63, 3.8) is 0 Å². The molecular formula is C6H11NO3. The smallest absolute Gasteiger partial charge is 0.165 e. The molecule has 58 valence electrons. The van der Waals surface area contributed by atoms with Gasteiger partial charge in [0.15, 0.2) is 12.5 Å². The van der Waals surface area contributed by atoms with Crippen molar-refractivity contribution in [2.45, 2.75) is 12.3 Å². The van der Waals surface area contributed by atoms with Gasteiger partial charge in [-0.25, -0.2) is 0 Å². The summed E-state index contributed by atoms with van der Waals surface area (Å²) in [7, 11) is 1.61. The first-order valence-corrected chi connectivity index (χ1v) is 3.20. The summed E-state index contributed by atoms with van der Waals surface area (Å²) in [5.41, 5.74) is 0. The number of ether oxygens (including phenoxy) is 2. The number of carbonyl (C=O) groups excluding carboxylic acids is 1. The summed E-state index contributed by atoms with van der Waals surface area (Å²) < 4.78 is 9.98. The monoisotopic (exact) mass is 145 g/mol. The van der Waals surface area contributed by atoms with E-state index in [4.69, 9.17) is 9.47 Å². The zero-order valence-corrected chi connectivity index (χ0v) is 5.87. The molecule has 0 spiro atoms. The Morgan fingerprint density at radius 3 is 3.20 bits per heavy atom. The maximum Gasteiger partial charge on any atom is 0.165 e. The molecule has 0 aliphatic carbocycles. The van der Waals surface area contributed by atoms with Gasteiger partial charge in [0.25, 0.3) is 0 Å². The van der Waals surface area contributed by atoms with Gasteiger partial charge in [0, 0.05) is 13.7 Å². The first-order valence-electron chi connectivity index (χ1n) is 3.20. The minimum absolute atomic E-state index is 0.0280. The van der Waals surface area contributed by atoms with Gasteiger partial charge in [0.2, 0.25) is 0 Å². The third-order valence-electron chi connectivity index (χ3n) is 1.36. The van der Waals surface area contributed by atoms with Crippen molar-refractivity contribution >= 4 is 6.29 Å². The molecule has 1 aliphatic heterocycles. The van der Waals surface area contributed by atoms with E-state index in [1.165, 1.54) is 0 Å². The van der Waals surface area contributed by atoms with Crippen molar-refractivity contribution in [2.75, 3.05) is 20.3 Å². The molecule has 1 saturated heterocycles. The van der Waals surface area contributed by atoms with Crippen LogP contribution in [-0.4, -0.2) is 38.9 Å². The largest absolute Gasteiger partial charge is 0.382 e. The Labute approximate surface area is 59.5 Å². The second kappa shape index (κ2) is 3.65. The van der Waals surface area contributed by atoms with Gasteiger partial charge in [-0.05, 0) is 0 Å². The highest BCUT2D eigenvalue weighted by atomic mass is 16.6. The van der Waals surface area contributed by atoms with Crippen LogP contribution in [0.5, 0.6) is 0 Å². The molecule has 0 saturated carbocycles. The van der Waals surface area contributed by atoms with Gasteiger partial charge in [-0.15, -0.1) is 0 Å². The van der Waals surface area contributed by atoms with Crippen molar-refractivity contribution in [1.29, 1.82) is 0 Å². The van der Waals surface area contributed by atoms with Crippen LogP contribution in [0, 0.1) is 0 Å². The quantitative estimate of drug-likeness (QED) is 0.525. The molecule has 1 unspecified atom stereocenters. The van der Waals surface area contributed by atoms with Gasteiger partial charge in [-0.3, -0.25) is 10.1 Å². The predicted molar refractivity (Wildman–Crippen MR) is 34.6 cm³/mol. The number of aldehydes is 1. The highest BCUT2D eigenvalue weighted by molar-refractivity contribution is 5.55. The molecule has 4 nitrogen and oxygen atoms in total. The van der Waals surface area contributed by atoms with Crippen LogP contribution in [-0.2, 0) is 14.3 Å². The Morgan fingerprint density at radius 1 is 1.90 bits per heavy atom. The summed E-state index contributed by atoms with van der Waals surface area (Å²) >= 11 is 0. The average molecular weight is 145 g/mol. The Bertz CT molecular complexity index is 118. The molecule has 0 aromatic rings. The number of hydrogen-bond donors (Lipinski definition) is 1. The van der Waals surface area contributed by atoms with Crippen LogP contribution < -0.4 is 5.32 Å². The highest BCUT2D eigenvalue weighted by Crippen LogP contribution is 2.02. The van der Waals surface area contributed by atoms with Crippen LogP contribution in [0.25, 0.3) is 0 Å². The lowest BCUT2D eigenvalue weighted by Gasteiger charge is -2.05. The summed E-state index contributed by atoms with van der Waals surface area (Å²) in [6.07, 6.45) is 0.343. The second-order valence-electron chi connectivity index (χ2n) is 2.18. The molecule has 1 rings (SSSR count). The average Bonchev–Trinajstić information content (AvgIpc) is 2.37. The van der Waals surface area contributed by atoms with Gasteiger partial charge >= 0.3 is 0 Å². The summed E-state index contributed by atoms with van der Waals surface area (Å²) in [4.78, 5) is 10.1. The van der Waals surface area contributed by atoms with E-state index < -0.39 is 6.23 Å². The molecule has 1 aliphatic rings. The minimum atomic E-state index is -0.430. The van der Waals surface area contributed by atoms with Gasteiger partial charge in [-0.1, -0.05) is 0 Å². The Hall–Kier alpha value is -0.450. The third-order valence-corrected chi connectivity index (χ3v) is 1.36. The lowest BCUT2D eigenvalue weighted by atomic mass is 10.4. The summed E-state index contributed by atoms with van der Waals surface area (Å²) in [5, 5.41) is 2.87. The number of methoxy groups -OCH3 is 1. The van der Waals surface area contributed by atoms with Crippen LogP contribution in [0.1, 0.15) is 0 Å². The third kappa shape index (κ3) is 1.76. The van der Waals surface area contributed by atoms with Crippen molar-refractivity contribution in [3.05, 3.63) is 0 Å². The molecular weight excluding hydrogens is 134 g/mol. The van der Waals surface area contributed by atoms with Crippen molar-refractivity contribution in [2.24, 2.45) is 0 Å². The van der Waals surface area contributed by atoms with Crippen molar-refractivity contribution in [3.8, 4) is 0 Å². The van der Waals surface area contributed by atoms with E-state index in [0.29, 0.717) is 13.2 Å². The van der Waals surface area contributed by atoms with E-state index >= 15 is 0 Å². The van der Waals surface area contributed by atoms with Crippen LogP contribution in [0.15, 0.2) is 0 Å². The Kier molecular flexibility index (Phi) is 2.80. The highest BCUT2D eigenvalue weighted by Gasteiger charge is 2.23. The molecule has 0 bridgehead atoms. The van der Waals surface area contributed by atoms with Gasteiger partial charge in [-0.2, -0.15) is 0 Å². The molecule has 10 heavy (non-hydrogen) atoms. The standard InChI is InChI=1S/C6H11NO3/c1-9-4-5-2-7-6(3-8)10-5/h3,5-7H,2,4H2,1H3/t5-,6?/m0/s1. The van der Waals surface area contributed by atoms with Gasteiger partial charge < -0.3 is 9.47 Å². The maximum absolute atomic E-state index is 10.1. The van der Waals surface area contributed by atoms with Crippen molar-refractivity contribution < 1.29 is 14.3 Å². The SMILES string of the molecule is COC[C@@H]1CNC(C=O)O1. The van der Waals surface area contributed by atoms with E-state index in [9.17, 15) is 4.79 Å². The molecule has 0 amide bonds. The van der Waals surface area contributed by atoms with Gasteiger partial charge in [0.1, 0.15) is 0 Å². The maximum atomic E-state index is 10.1. The fourth-order valence-corrected chi connectivity index (χ4v) is 0.915. The fourth-order valence-electron chi connectivity index (χ4n) is 0.915. The lowest BCUT2D eigenvalue weighted by Crippen LogP contribution is -2.23. The molecule has 0 aromatic heterocycles. The van der Waals surface area contributed by atoms with Crippen LogP contribution in [0.2, 0.25) is 0 Å². The molecule has 0 aromatic carbocycles. The molecule has 2 atom stereocenters. The van der Waals surface area contributed by atoms with E-state index in [1.54, 1.807) is 7.11 Å². The van der Waals surface area contributed by atoms with Crippen LogP contribution >= 0.6 is 0 Å². The van der Waals surface area contributed by atoms with E-state index in [2.05, 4.69) is 5.32 Å². The fraction of sp³-hybridized carbons (Fsp3) is 0.833. The Morgan fingerprint density at radius 2 is 2.70 bits per heavy atom. The van der Waals surface area contributed by atoms with E-state index in [-0.39, 0.29) is 6.10 Å². The van der Waals surface area contributed by atoms with E-state index in [1.807, 2.05) is 0 Å². The Balaban J connectivity index is 2.21. The second-order valence-corrected chi connectivity index (χ2v) is 2.18. The zero-order chi connectivity index (χ0) is 7.40. The van der Waals surface area contributed by atoms with E-state index in [0.717, 1.165) is 6.29 Å².